The van der Waals surface area contributed by atoms with Gasteiger partial charge in [0.25, 0.3) is 0 Å². The number of carboxylic acids is 1. The summed E-state index contributed by atoms with van der Waals surface area (Å²) in [7, 11) is 0. The topological polar surface area (TPSA) is 104 Å². The first-order valence-corrected chi connectivity index (χ1v) is 9.00. The molecule has 0 saturated carbocycles. The molecule has 0 aromatic heterocycles. The molecular formula is C19H31N3O3. The van der Waals surface area contributed by atoms with E-state index in [0.29, 0.717) is 24.7 Å². The normalized spacial score (nSPS) is 12.2. The van der Waals surface area contributed by atoms with Crippen LogP contribution in [0.4, 0.5) is 5.69 Å². The molecule has 5 N–H and O–H groups in total. The minimum atomic E-state index is -1.01. The van der Waals surface area contributed by atoms with Crippen molar-refractivity contribution in [1.29, 1.82) is 0 Å². The van der Waals surface area contributed by atoms with Gasteiger partial charge in [-0.05, 0) is 49.5 Å². The quantitative estimate of drug-likeness (QED) is 0.434. The molecule has 140 valence electrons. The largest absolute Gasteiger partial charge is 0.480 e. The summed E-state index contributed by atoms with van der Waals surface area (Å²) in [5, 5.41) is 15.0. The van der Waals surface area contributed by atoms with E-state index in [4.69, 9.17) is 5.73 Å². The van der Waals surface area contributed by atoms with Gasteiger partial charge in [0.05, 0.1) is 6.42 Å². The molecule has 1 rings (SSSR count). The molecule has 1 aromatic rings. The van der Waals surface area contributed by atoms with Crippen LogP contribution in [-0.4, -0.2) is 36.1 Å². The molecule has 1 aromatic carbocycles. The van der Waals surface area contributed by atoms with Crippen LogP contribution in [0.15, 0.2) is 24.3 Å². The summed E-state index contributed by atoms with van der Waals surface area (Å²) in [5.74, 6) is -0.886. The third kappa shape index (κ3) is 8.65. The van der Waals surface area contributed by atoms with Gasteiger partial charge in [0.2, 0.25) is 5.91 Å². The number of hydrogen-bond acceptors (Lipinski definition) is 4. The van der Waals surface area contributed by atoms with Crippen LogP contribution in [0.1, 0.15) is 57.4 Å². The van der Waals surface area contributed by atoms with Crippen LogP contribution >= 0.6 is 0 Å². The van der Waals surface area contributed by atoms with E-state index < -0.39 is 12.0 Å². The van der Waals surface area contributed by atoms with Gasteiger partial charge in [-0.25, -0.2) is 0 Å². The van der Waals surface area contributed by atoms with E-state index in [1.54, 1.807) is 0 Å². The first-order chi connectivity index (χ1) is 11.9. The summed E-state index contributed by atoms with van der Waals surface area (Å²) in [6, 6.07) is 6.75. The van der Waals surface area contributed by atoms with E-state index >= 15 is 0 Å². The number of amides is 1. The standard InChI is InChI=1S/C19H31N3O3/c1-14(2)15-7-9-16(10-8-15)22-18(23)13-17(19(24)25)21-12-6-4-3-5-11-20/h7-10,14,17,21H,3-6,11-13,20H2,1-2H3,(H,22,23)(H,24,25)/t17-/m1/s1. The third-order valence-corrected chi connectivity index (χ3v) is 4.07. The first kappa shape index (κ1) is 21.1. The molecule has 0 bridgehead atoms. The van der Waals surface area contributed by atoms with Crippen LogP contribution in [0.3, 0.4) is 0 Å². The molecule has 0 radical (unpaired) electrons. The maximum absolute atomic E-state index is 12.1. The summed E-state index contributed by atoms with van der Waals surface area (Å²) in [6.45, 7) is 5.47. The fourth-order valence-electron chi connectivity index (χ4n) is 2.49. The van der Waals surface area contributed by atoms with Gasteiger partial charge in [-0.3, -0.25) is 9.59 Å². The van der Waals surface area contributed by atoms with Crippen LogP contribution in [-0.2, 0) is 9.59 Å². The summed E-state index contributed by atoms with van der Waals surface area (Å²) >= 11 is 0. The summed E-state index contributed by atoms with van der Waals surface area (Å²) in [4.78, 5) is 23.4. The summed E-state index contributed by atoms with van der Waals surface area (Å²) < 4.78 is 0. The van der Waals surface area contributed by atoms with Gasteiger partial charge in [-0.1, -0.05) is 38.8 Å². The van der Waals surface area contributed by atoms with Crippen molar-refractivity contribution in [2.45, 2.75) is 57.9 Å². The minimum Gasteiger partial charge on any atom is -0.480 e. The molecule has 0 spiro atoms. The molecule has 0 aliphatic carbocycles. The highest BCUT2D eigenvalue weighted by Gasteiger charge is 2.20. The molecule has 0 heterocycles. The highest BCUT2D eigenvalue weighted by molar-refractivity contribution is 5.94. The Morgan fingerprint density at radius 1 is 1.08 bits per heavy atom. The molecule has 1 amide bonds. The van der Waals surface area contributed by atoms with Gasteiger partial charge < -0.3 is 21.5 Å². The number of unbranched alkanes of at least 4 members (excludes halogenated alkanes) is 3. The number of carbonyl (C=O) groups is 2. The molecule has 6 nitrogen and oxygen atoms in total. The molecule has 6 heteroatoms. The van der Waals surface area contributed by atoms with Crippen LogP contribution < -0.4 is 16.4 Å². The molecule has 0 aliphatic rings. The summed E-state index contributed by atoms with van der Waals surface area (Å²) in [6.07, 6.45) is 3.82. The van der Waals surface area contributed by atoms with E-state index in [0.717, 1.165) is 25.7 Å². The Kier molecular flexibility index (Phi) is 9.80. The molecule has 0 aliphatic heterocycles. The number of carboxylic acid groups (broad SMARTS) is 1. The van der Waals surface area contributed by atoms with Crippen molar-refractivity contribution in [1.82, 2.24) is 5.32 Å². The number of rotatable bonds is 12. The van der Waals surface area contributed by atoms with Crippen LogP contribution in [0.5, 0.6) is 0 Å². The van der Waals surface area contributed by atoms with Crippen molar-refractivity contribution in [2.24, 2.45) is 5.73 Å². The van der Waals surface area contributed by atoms with Crippen LogP contribution in [0.25, 0.3) is 0 Å². The van der Waals surface area contributed by atoms with Crippen LogP contribution in [0, 0.1) is 0 Å². The fourth-order valence-corrected chi connectivity index (χ4v) is 2.49. The van der Waals surface area contributed by atoms with E-state index in [1.165, 1.54) is 5.56 Å². The average molecular weight is 349 g/mol. The number of anilines is 1. The Morgan fingerprint density at radius 3 is 2.28 bits per heavy atom. The van der Waals surface area contributed by atoms with Crippen molar-refractivity contribution >= 4 is 17.6 Å². The lowest BCUT2D eigenvalue weighted by Crippen LogP contribution is -2.40. The Balaban J connectivity index is 2.41. The van der Waals surface area contributed by atoms with Gasteiger partial charge in [-0.15, -0.1) is 0 Å². The Hall–Kier alpha value is -1.92. The van der Waals surface area contributed by atoms with Crippen molar-refractivity contribution in [3.8, 4) is 0 Å². The first-order valence-electron chi connectivity index (χ1n) is 9.00. The minimum absolute atomic E-state index is 0.0932. The lowest BCUT2D eigenvalue weighted by molar-refractivity contribution is -0.141. The van der Waals surface area contributed by atoms with E-state index in [1.807, 2.05) is 24.3 Å². The lowest BCUT2D eigenvalue weighted by Gasteiger charge is -2.14. The van der Waals surface area contributed by atoms with Crippen LogP contribution in [0.2, 0.25) is 0 Å². The second kappa shape index (κ2) is 11.6. The number of nitrogens with two attached hydrogens (primary N) is 1. The van der Waals surface area contributed by atoms with Gasteiger partial charge in [-0.2, -0.15) is 0 Å². The predicted octanol–water partition coefficient (Wildman–Crippen LogP) is 2.70. The molecular weight excluding hydrogens is 318 g/mol. The molecule has 0 fully saturated rings. The van der Waals surface area contributed by atoms with E-state index in [2.05, 4.69) is 24.5 Å². The van der Waals surface area contributed by atoms with Crippen molar-refractivity contribution < 1.29 is 14.7 Å². The van der Waals surface area contributed by atoms with Crippen molar-refractivity contribution in [3.05, 3.63) is 29.8 Å². The zero-order chi connectivity index (χ0) is 18.7. The fraction of sp³-hybridized carbons (Fsp3) is 0.579. The Morgan fingerprint density at radius 2 is 1.72 bits per heavy atom. The Bertz CT molecular complexity index is 529. The van der Waals surface area contributed by atoms with Gasteiger partial charge >= 0.3 is 5.97 Å². The summed E-state index contributed by atoms with van der Waals surface area (Å²) in [5.41, 5.74) is 7.31. The number of hydrogen-bond donors (Lipinski definition) is 4. The van der Waals surface area contributed by atoms with E-state index in [-0.39, 0.29) is 12.3 Å². The second-order valence-corrected chi connectivity index (χ2v) is 6.58. The smallest absolute Gasteiger partial charge is 0.321 e. The number of aliphatic carboxylic acids is 1. The third-order valence-electron chi connectivity index (χ3n) is 4.07. The van der Waals surface area contributed by atoms with Crippen molar-refractivity contribution in [2.75, 3.05) is 18.4 Å². The van der Waals surface area contributed by atoms with Crippen molar-refractivity contribution in [3.63, 3.8) is 0 Å². The SMILES string of the molecule is CC(C)c1ccc(NC(=O)C[C@@H](NCCCCCCN)C(=O)O)cc1. The Labute approximate surface area is 150 Å². The molecule has 0 saturated heterocycles. The van der Waals surface area contributed by atoms with E-state index in [9.17, 15) is 14.7 Å². The van der Waals surface area contributed by atoms with Gasteiger partial charge in [0.15, 0.2) is 0 Å². The zero-order valence-corrected chi connectivity index (χ0v) is 15.3. The number of nitrogens with one attached hydrogen (secondary N) is 2. The molecule has 1 atom stereocenters. The zero-order valence-electron chi connectivity index (χ0n) is 15.3. The number of carbonyl (C=O) groups excluding carboxylic acids is 1. The maximum Gasteiger partial charge on any atom is 0.321 e. The number of benzene rings is 1. The highest BCUT2D eigenvalue weighted by atomic mass is 16.4. The monoisotopic (exact) mass is 349 g/mol. The van der Waals surface area contributed by atoms with Gasteiger partial charge in [0, 0.05) is 5.69 Å². The lowest BCUT2D eigenvalue weighted by atomic mass is 10.0. The maximum atomic E-state index is 12.1. The van der Waals surface area contributed by atoms with Gasteiger partial charge in [0.1, 0.15) is 6.04 Å². The highest BCUT2D eigenvalue weighted by Crippen LogP contribution is 2.17. The average Bonchev–Trinajstić information content (AvgIpc) is 2.57. The second-order valence-electron chi connectivity index (χ2n) is 6.58. The molecule has 25 heavy (non-hydrogen) atoms. The molecule has 0 unspecified atom stereocenters. The predicted molar refractivity (Wildman–Crippen MR) is 101 cm³/mol.